The topological polar surface area (TPSA) is 94.8 Å². The Morgan fingerprint density at radius 2 is 1.84 bits per heavy atom. The first-order valence-electron chi connectivity index (χ1n) is 6.82. The third kappa shape index (κ3) is 3.44. The number of rotatable bonds is 5. The van der Waals surface area contributed by atoms with Crippen LogP contribution >= 0.6 is 22.9 Å². The Labute approximate surface area is 151 Å². The molecule has 0 saturated heterocycles. The summed E-state index contributed by atoms with van der Waals surface area (Å²) in [5.74, 6) is 0.695. The Hall–Kier alpha value is -2.23. The summed E-state index contributed by atoms with van der Waals surface area (Å²) in [6, 6.07) is 7.08. The maximum absolute atomic E-state index is 12.6. The first-order chi connectivity index (χ1) is 11.8. The van der Waals surface area contributed by atoms with Crippen molar-refractivity contribution >= 4 is 48.9 Å². The fourth-order valence-corrected chi connectivity index (χ4v) is 4.30. The van der Waals surface area contributed by atoms with Crippen LogP contribution in [-0.2, 0) is 10.0 Å². The molecule has 0 aliphatic carbocycles. The van der Waals surface area contributed by atoms with E-state index in [4.69, 9.17) is 25.5 Å². The van der Waals surface area contributed by atoms with Gasteiger partial charge in [0, 0.05) is 6.07 Å². The van der Waals surface area contributed by atoms with E-state index in [2.05, 4.69) is 4.72 Å². The van der Waals surface area contributed by atoms with E-state index >= 15 is 0 Å². The molecule has 0 bridgehead atoms. The van der Waals surface area contributed by atoms with Crippen molar-refractivity contribution in [3.8, 4) is 11.5 Å². The summed E-state index contributed by atoms with van der Waals surface area (Å²) in [4.78, 5) is 10.8. The molecule has 0 aliphatic heterocycles. The minimum Gasteiger partial charge on any atom is -0.493 e. The molecule has 25 heavy (non-hydrogen) atoms. The first kappa shape index (κ1) is 17.6. The van der Waals surface area contributed by atoms with Gasteiger partial charge in [0.25, 0.3) is 10.0 Å². The van der Waals surface area contributed by atoms with E-state index in [0.717, 1.165) is 11.3 Å². The molecule has 1 heterocycles. The third-order valence-electron chi connectivity index (χ3n) is 3.31. The monoisotopic (exact) mass is 401 g/mol. The predicted octanol–water partition coefficient (Wildman–Crippen LogP) is 3.33. The molecule has 0 saturated carbocycles. The molecule has 7 nitrogen and oxygen atoms in total. The molecule has 1 N–H and O–H groups in total. The van der Waals surface area contributed by atoms with E-state index in [9.17, 15) is 13.2 Å². The van der Waals surface area contributed by atoms with Crippen molar-refractivity contribution in [3.05, 3.63) is 45.1 Å². The van der Waals surface area contributed by atoms with E-state index < -0.39 is 15.0 Å². The summed E-state index contributed by atoms with van der Waals surface area (Å²) in [5, 5.41) is 0.140. The fraction of sp³-hybridized carbons (Fsp3) is 0.133. The highest BCUT2D eigenvalue weighted by molar-refractivity contribution is 7.92. The van der Waals surface area contributed by atoms with Crippen LogP contribution in [0.2, 0.25) is 5.02 Å². The number of halogens is 1. The van der Waals surface area contributed by atoms with Crippen molar-refractivity contribution < 1.29 is 22.3 Å². The molecule has 10 heteroatoms. The molecular formula is C15H12ClNO6S2. The standard InChI is InChI=1S/C15H12ClNO6S2/c1-21-11-4-3-9(7-12(11)22-2)25(19,20)17-8-5-10(16)14-13(6-8)24-15(18)23-14/h3-7,17H,1-2H3. The largest absolute Gasteiger partial charge is 0.493 e. The van der Waals surface area contributed by atoms with Gasteiger partial charge < -0.3 is 13.9 Å². The molecule has 0 unspecified atom stereocenters. The van der Waals surface area contributed by atoms with Crippen LogP contribution in [-0.4, -0.2) is 22.6 Å². The van der Waals surface area contributed by atoms with Gasteiger partial charge in [-0.3, -0.25) is 4.72 Å². The van der Waals surface area contributed by atoms with Gasteiger partial charge in [0.05, 0.1) is 34.5 Å². The van der Waals surface area contributed by atoms with E-state index in [-0.39, 0.29) is 26.9 Å². The van der Waals surface area contributed by atoms with E-state index in [1.807, 2.05) is 0 Å². The molecule has 132 valence electrons. The Balaban J connectivity index is 2.00. The second kappa shape index (κ2) is 6.58. The van der Waals surface area contributed by atoms with Gasteiger partial charge in [-0.1, -0.05) is 22.9 Å². The molecule has 0 aliphatic rings. The molecule has 0 amide bonds. The Kier molecular flexibility index (Phi) is 4.63. The second-order valence-corrected chi connectivity index (χ2v) is 7.93. The average Bonchev–Trinajstić information content (AvgIpc) is 2.94. The summed E-state index contributed by atoms with van der Waals surface area (Å²) >= 11 is 6.88. The van der Waals surface area contributed by atoms with Crippen LogP contribution in [0.5, 0.6) is 11.5 Å². The van der Waals surface area contributed by atoms with E-state index in [0.29, 0.717) is 10.4 Å². The van der Waals surface area contributed by atoms with Crippen LogP contribution in [0.25, 0.3) is 10.3 Å². The van der Waals surface area contributed by atoms with Gasteiger partial charge in [-0.25, -0.2) is 13.2 Å². The number of anilines is 1. The van der Waals surface area contributed by atoms with E-state index in [1.54, 1.807) is 0 Å². The van der Waals surface area contributed by atoms with Gasteiger partial charge in [0.15, 0.2) is 17.1 Å². The molecule has 1 aromatic heterocycles. The number of benzene rings is 2. The predicted molar refractivity (Wildman–Crippen MR) is 95.7 cm³/mol. The smallest absolute Gasteiger partial charge is 0.396 e. The lowest BCUT2D eigenvalue weighted by Crippen LogP contribution is -2.13. The molecular weight excluding hydrogens is 390 g/mol. The maximum Gasteiger partial charge on any atom is 0.396 e. The fourth-order valence-electron chi connectivity index (χ4n) is 2.19. The van der Waals surface area contributed by atoms with Crippen LogP contribution in [0, 0.1) is 0 Å². The summed E-state index contributed by atoms with van der Waals surface area (Å²) in [6.45, 7) is 0. The number of nitrogens with one attached hydrogen (secondary N) is 1. The van der Waals surface area contributed by atoms with Crippen molar-refractivity contribution in [1.82, 2.24) is 0 Å². The number of methoxy groups -OCH3 is 2. The second-order valence-electron chi connectivity index (χ2n) is 4.86. The highest BCUT2D eigenvalue weighted by atomic mass is 35.5. The highest BCUT2D eigenvalue weighted by Gasteiger charge is 2.19. The minimum atomic E-state index is -3.90. The molecule has 2 aromatic carbocycles. The molecule has 3 rings (SSSR count). The van der Waals surface area contributed by atoms with Crippen molar-refractivity contribution in [2.75, 3.05) is 18.9 Å². The highest BCUT2D eigenvalue weighted by Crippen LogP contribution is 2.32. The van der Waals surface area contributed by atoms with Gasteiger partial charge in [-0.2, -0.15) is 0 Å². The zero-order valence-corrected chi connectivity index (χ0v) is 15.4. The van der Waals surface area contributed by atoms with Gasteiger partial charge in [-0.15, -0.1) is 0 Å². The number of ether oxygens (including phenoxy) is 2. The number of hydrogen-bond acceptors (Lipinski definition) is 7. The molecule has 0 fully saturated rings. The zero-order valence-electron chi connectivity index (χ0n) is 13.0. The summed E-state index contributed by atoms with van der Waals surface area (Å²) < 4.78 is 43.2. The Morgan fingerprint density at radius 1 is 1.12 bits per heavy atom. The van der Waals surface area contributed by atoms with Crippen molar-refractivity contribution in [2.24, 2.45) is 0 Å². The minimum absolute atomic E-state index is 0.0123. The Morgan fingerprint density at radius 3 is 2.52 bits per heavy atom. The lowest BCUT2D eigenvalue weighted by Gasteiger charge is -2.12. The molecule has 0 atom stereocenters. The van der Waals surface area contributed by atoms with Crippen molar-refractivity contribution in [1.29, 1.82) is 0 Å². The Bertz CT molecular complexity index is 1100. The van der Waals surface area contributed by atoms with Crippen LogP contribution in [0.15, 0.2) is 44.4 Å². The van der Waals surface area contributed by atoms with Gasteiger partial charge >= 0.3 is 4.94 Å². The van der Waals surface area contributed by atoms with E-state index in [1.165, 1.54) is 44.6 Å². The van der Waals surface area contributed by atoms with Gasteiger partial charge in [0.2, 0.25) is 0 Å². The average molecular weight is 402 g/mol. The lowest BCUT2D eigenvalue weighted by atomic mass is 10.3. The van der Waals surface area contributed by atoms with Crippen molar-refractivity contribution in [2.45, 2.75) is 4.90 Å². The first-order valence-corrected chi connectivity index (χ1v) is 9.50. The summed E-state index contributed by atoms with van der Waals surface area (Å²) in [6.07, 6.45) is 0. The molecule has 3 aromatic rings. The SMILES string of the molecule is COc1ccc(S(=O)(=O)Nc2cc(Cl)c3oc(=O)sc3c2)cc1OC. The van der Waals surface area contributed by atoms with Crippen LogP contribution < -0.4 is 19.1 Å². The van der Waals surface area contributed by atoms with Crippen LogP contribution in [0.1, 0.15) is 0 Å². The van der Waals surface area contributed by atoms with Crippen LogP contribution in [0.3, 0.4) is 0 Å². The maximum atomic E-state index is 12.6. The summed E-state index contributed by atoms with van der Waals surface area (Å²) in [7, 11) is -1.03. The quantitative estimate of drug-likeness (QED) is 0.704. The van der Waals surface area contributed by atoms with Crippen LogP contribution in [0.4, 0.5) is 5.69 Å². The number of hydrogen-bond donors (Lipinski definition) is 1. The lowest BCUT2D eigenvalue weighted by molar-refractivity contribution is 0.354. The normalized spacial score (nSPS) is 11.5. The molecule has 0 radical (unpaired) electrons. The third-order valence-corrected chi connectivity index (χ3v) is 5.74. The number of sulfonamides is 1. The van der Waals surface area contributed by atoms with Gasteiger partial charge in [-0.05, 0) is 24.3 Å². The molecule has 0 spiro atoms. The number of fused-ring (bicyclic) bond motifs is 1. The van der Waals surface area contributed by atoms with Gasteiger partial charge in [0.1, 0.15) is 0 Å². The summed E-state index contributed by atoms with van der Waals surface area (Å²) in [5.41, 5.74) is 0.440. The zero-order chi connectivity index (χ0) is 18.2. The van der Waals surface area contributed by atoms with Crippen molar-refractivity contribution in [3.63, 3.8) is 0 Å².